The number of ether oxygens (including phenoxy) is 1. The molecule has 0 fully saturated rings. The summed E-state index contributed by atoms with van der Waals surface area (Å²) >= 11 is 0. The minimum atomic E-state index is -1.16. The predicted molar refractivity (Wildman–Crippen MR) is 128 cm³/mol. The molecule has 0 aliphatic carbocycles. The van der Waals surface area contributed by atoms with E-state index in [1.165, 1.54) is 0 Å². The van der Waals surface area contributed by atoms with Crippen molar-refractivity contribution in [1.82, 2.24) is 0 Å². The average Bonchev–Trinajstić information content (AvgIpc) is 2.90. The summed E-state index contributed by atoms with van der Waals surface area (Å²) in [5.74, 6) is 0. The molecule has 0 amide bonds. The van der Waals surface area contributed by atoms with Gasteiger partial charge >= 0.3 is 0 Å². The van der Waals surface area contributed by atoms with Gasteiger partial charge in [0.05, 0.1) is 63.7 Å². The molecule has 0 aliphatic heterocycles. The van der Waals surface area contributed by atoms with E-state index in [0.29, 0.717) is 26.4 Å². The Labute approximate surface area is 199 Å². The number of hydrogen-bond donors (Lipinski definition) is 10. The van der Waals surface area contributed by atoms with Crippen LogP contribution in [0.3, 0.4) is 0 Å². The molecule has 0 heterocycles. The van der Waals surface area contributed by atoms with Crippen molar-refractivity contribution < 1.29 is 55.8 Å². The van der Waals surface area contributed by atoms with E-state index in [9.17, 15) is 0 Å². The fourth-order valence-corrected chi connectivity index (χ4v) is 1.06. The molecule has 11 nitrogen and oxygen atoms in total. The molecular formula is C22H54O11. The number of rotatable bonds is 14. The standard InChI is InChI=1S/C10H22O7.4C3H8O/c11-1-9(2-12,3-13)7-17-8-10(4-14,5-15)6-16;4*1-2-3-4/h11-16H,1-8H2;4*4H,2-3H2,1H3. The number of aliphatic hydroxyl groups excluding tert-OH is 10. The lowest BCUT2D eigenvalue weighted by atomic mass is 9.91. The Morgan fingerprint density at radius 3 is 0.636 bits per heavy atom. The lowest BCUT2D eigenvalue weighted by Gasteiger charge is -2.31. The molecule has 0 aromatic rings. The summed E-state index contributed by atoms with van der Waals surface area (Å²) < 4.78 is 5.15. The third-order valence-electron chi connectivity index (χ3n) is 3.72. The molecule has 0 saturated heterocycles. The van der Waals surface area contributed by atoms with Crippen molar-refractivity contribution in [1.29, 1.82) is 0 Å². The fourth-order valence-electron chi connectivity index (χ4n) is 1.06. The maximum Gasteiger partial charge on any atom is 0.0629 e. The highest BCUT2D eigenvalue weighted by Gasteiger charge is 2.32. The Hall–Kier alpha value is -0.440. The third-order valence-corrected chi connectivity index (χ3v) is 3.72. The van der Waals surface area contributed by atoms with E-state index < -0.39 is 50.5 Å². The van der Waals surface area contributed by atoms with Gasteiger partial charge in [-0.15, -0.1) is 0 Å². The van der Waals surface area contributed by atoms with Gasteiger partial charge in [0.2, 0.25) is 0 Å². The molecule has 11 heteroatoms. The van der Waals surface area contributed by atoms with Crippen LogP contribution in [-0.4, -0.2) is 130 Å². The van der Waals surface area contributed by atoms with E-state index in [1.54, 1.807) is 0 Å². The summed E-state index contributed by atoms with van der Waals surface area (Å²) in [6.45, 7) is 5.99. The molecule has 208 valence electrons. The van der Waals surface area contributed by atoms with Crippen LogP contribution in [0.4, 0.5) is 0 Å². The van der Waals surface area contributed by atoms with Crippen LogP contribution in [0.5, 0.6) is 0 Å². The first-order valence-corrected chi connectivity index (χ1v) is 11.4. The van der Waals surface area contributed by atoms with Crippen molar-refractivity contribution in [3.63, 3.8) is 0 Å². The molecular weight excluding hydrogens is 440 g/mol. The van der Waals surface area contributed by atoms with Crippen LogP contribution < -0.4 is 0 Å². The van der Waals surface area contributed by atoms with Crippen LogP contribution in [0.1, 0.15) is 53.4 Å². The van der Waals surface area contributed by atoms with Gasteiger partial charge in [0, 0.05) is 26.4 Å². The van der Waals surface area contributed by atoms with Crippen LogP contribution >= 0.6 is 0 Å². The zero-order chi connectivity index (χ0) is 27.0. The molecule has 0 unspecified atom stereocenters. The van der Waals surface area contributed by atoms with Crippen molar-refractivity contribution >= 4 is 0 Å². The van der Waals surface area contributed by atoms with Crippen LogP contribution in [0, 0.1) is 10.8 Å². The van der Waals surface area contributed by atoms with Gasteiger partial charge in [-0.1, -0.05) is 27.7 Å². The summed E-state index contributed by atoms with van der Waals surface area (Å²) in [4.78, 5) is 0. The highest BCUT2D eigenvalue weighted by Crippen LogP contribution is 2.19. The molecule has 0 bridgehead atoms. The van der Waals surface area contributed by atoms with E-state index in [2.05, 4.69) is 0 Å². The quantitative estimate of drug-likeness (QED) is 0.134. The SMILES string of the molecule is CCCO.CCCO.CCCO.CCCO.OCC(CO)(CO)COCC(CO)(CO)CO. The minimum Gasteiger partial charge on any atom is -0.396 e. The van der Waals surface area contributed by atoms with E-state index in [1.807, 2.05) is 27.7 Å². The minimum absolute atomic E-state index is 0.141. The first kappa shape index (κ1) is 42.7. The summed E-state index contributed by atoms with van der Waals surface area (Å²) in [6.07, 6.45) is 3.50. The van der Waals surface area contributed by atoms with Gasteiger partial charge in [-0.2, -0.15) is 0 Å². The second-order valence-corrected chi connectivity index (χ2v) is 7.34. The van der Waals surface area contributed by atoms with Crippen molar-refractivity contribution in [2.45, 2.75) is 53.4 Å². The number of hydrogen-bond acceptors (Lipinski definition) is 11. The van der Waals surface area contributed by atoms with Gasteiger partial charge in [-0.3, -0.25) is 0 Å². The molecule has 0 aromatic carbocycles. The van der Waals surface area contributed by atoms with Crippen molar-refractivity contribution in [3.05, 3.63) is 0 Å². The molecule has 0 aliphatic rings. The predicted octanol–water partition coefficient (Wildman–Crippen LogP) is -1.52. The maximum absolute atomic E-state index is 9.03. The van der Waals surface area contributed by atoms with Gasteiger partial charge in [0.15, 0.2) is 0 Å². The van der Waals surface area contributed by atoms with Gasteiger partial charge in [-0.05, 0) is 25.7 Å². The zero-order valence-electron chi connectivity index (χ0n) is 21.2. The molecule has 33 heavy (non-hydrogen) atoms. The molecule has 0 atom stereocenters. The Balaban J connectivity index is -0.000000132. The topological polar surface area (TPSA) is 212 Å². The molecule has 0 saturated carbocycles. The van der Waals surface area contributed by atoms with E-state index in [4.69, 9.17) is 55.8 Å². The molecule has 0 radical (unpaired) electrons. The van der Waals surface area contributed by atoms with E-state index >= 15 is 0 Å². The van der Waals surface area contributed by atoms with Gasteiger partial charge in [0.25, 0.3) is 0 Å². The summed E-state index contributed by atoms with van der Waals surface area (Å²) in [5, 5.41) is 85.7. The molecule has 0 rings (SSSR count). The highest BCUT2D eigenvalue weighted by molar-refractivity contribution is 4.80. The lowest BCUT2D eigenvalue weighted by molar-refractivity contribution is -0.103. The van der Waals surface area contributed by atoms with Gasteiger partial charge in [-0.25, -0.2) is 0 Å². The first-order chi connectivity index (χ1) is 15.7. The largest absolute Gasteiger partial charge is 0.396 e. The third kappa shape index (κ3) is 31.6. The van der Waals surface area contributed by atoms with E-state index in [0.717, 1.165) is 25.7 Å². The van der Waals surface area contributed by atoms with Crippen molar-refractivity contribution in [2.24, 2.45) is 10.8 Å². The van der Waals surface area contributed by atoms with Gasteiger partial charge < -0.3 is 55.8 Å². The summed E-state index contributed by atoms with van der Waals surface area (Å²) in [5.41, 5.74) is -2.32. The normalized spacial score (nSPS) is 10.4. The lowest BCUT2D eigenvalue weighted by Crippen LogP contribution is -2.43. The smallest absolute Gasteiger partial charge is 0.0629 e. The molecule has 0 spiro atoms. The molecule has 10 N–H and O–H groups in total. The van der Waals surface area contributed by atoms with E-state index in [-0.39, 0.29) is 13.2 Å². The van der Waals surface area contributed by atoms with Crippen LogP contribution in [0.2, 0.25) is 0 Å². The Morgan fingerprint density at radius 2 is 0.545 bits per heavy atom. The summed E-state index contributed by atoms with van der Waals surface area (Å²) in [6, 6.07) is 0. The average molecular weight is 495 g/mol. The second kappa shape index (κ2) is 36.1. The van der Waals surface area contributed by atoms with Crippen LogP contribution in [0.15, 0.2) is 0 Å². The fraction of sp³-hybridized carbons (Fsp3) is 1.00. The Bertz CT molecular complexity index is 240. The Morgan fingerprint density at radius 1 is 0.394 bits per heavy atom. The van der Waals surface area contributed by atoms with Gasteiger partial charge in [0.1, 0.15) is 0 Å². The first-order valence-electron chi connectivity index (χ1n) is 11.4. The van der Waals surface area contributed by atoms with Crippen LogP contribution in [0.25, 0.3) is 0 Å². The van der Waals surface area contributed by atoms with Crippen molar-refractivity contribution in [3.8, 4) is 0 Å². The molecule has 0 aromatic heterocycles. The zero-order valence-corrected chi connectivity index (χ0v) is 21.2. The Kier molecular flexibility index (Phi) is 46.8. The van der Waals surface area contributed by atoms with Crippen molar-refractivity contribution in [2.75, 3.05) is 79.3 Å². The second-order valence-electron chi connectivity index (χ2n) is 7.34. The monoisotopic (exact) mass is 494 g/mol. The van der Waals surface area contributed by atoms with Crippen LogP contribution in [-0.2, 0) is 4.74 Å². The highest BCUT2D eigenvalue weighted by atomic mass is 16.5. The number of aliphatic hydroxyl groups is 10. The summed E-state index contributed by atoms with van der Waals surface area (Å²) in [7, 11) is 0. The maximum atomic E-state index is 9.03.